The summed E-state index contributed by atoms with van der Waals surface area (Å²) < 4.78 is 45.8. The van der Waals surface area contributed by atoms with Gasteiger partial charge in [-0.3, -0.25) is 9.20 Å². The van der Waals surface area contributed by atoms with Gasteiger partial charge in [-0.25, -0.2) is 9.97 Å². The number of carbonyl (C=O) groups is 1. The molecule has 0 aliphatic carbocycles. The lowest BCUT2D eigenvalue weighted by atomic mass is 10.1. The SMILES string of the molecule is COc1ccc(-c2cn3cccnc3n2)cc1NC(=O)c1cccc(C(F)(F)F)c1. The molecule has 1 amide bonds. The number of ether oxygens (including phenoxy) is 1. The maximum Gasteiger partial charge on any atom is 0.416 e. The van der Waals surface area contributed by atoms with Gasteiger partial charge in [0.25, 0.3) is 5.91 Å². The molecule has 0 atom stereocenters. The van der Waals surface area contributed by atoms with Crippen molar-refractivity contribution in [2.45, 2.75) is 6.18 Å². The van der Waals surface area contributed by atoms with Gasteiger partial charge < -0.3 is 10.1 Å². The number of benzene rings is 2. The third-order valence-electron chi connectivity index (χ3n) is 4.43. The van der Waals surface area contributed by atoms with Crippen LogP contribution in [0.25, 0.3) is 17.0 Å². The highest BCUT2D eigenvalue weighted by Gasteiger charge is 2.31. The molecule has 0 spiro atoms. The molecule has 0 unspecified atom stereocenters. The summed E-state index contributed by atoms with van der Waals surface area (Å²) in [6.45, 7) is 0. The highest BCUT2D eigenvalue weighted by Crippen LogP contribution is 2.32. The second-order valence-electron chi connectivity index (χ2n) is 6.40. The topological polar surface area (TPSA) is 68.5 Å². The van der Waals surface area contributed by atoms with Crippen molar-refractivity contribution in [1.82, 2.24) is 14.4 Å². The number of hydrogen-bond donors (Lipinski definition) is 1. The summed E-state index contributed by atoms with van der Waals surface area (Å²) >= 11 is 0. The summed E-state index contributed by atoms with van der Waals surface area (Å²) in [5, 5.41) is 2.62. The summed E-state index contributed by atoms with van der Waals surface area (Å²) in [6, 6.07) is 11.0. The number of nitrogens with one attached hydrogen (secondary N) is 1. The minimum atomic E-state index is -4.54. The molecule has 4 aromatic rings. The largest absolute Gasteiger partial charge is 0.495 e. The number of nitrogens with zero attached hydrogens (tertiary/aromatic N) is 3. The first-order chi connectivity index (χ1) is 14.3. The number of hydrogen-bond acceptors (Lipinski definition) is 4. The number of amides is 1. The van der Waals surface area contributed by atoms with Gasteiger partial charge in [0.2, 0.25) is 5.78 Å². The van der Waals surface area contributed by atoms with Gasteiger partial charge in [0.05, 0.1) is 24.1 Å². The average Bonchev–Trinajstić information content (AvgIpc) is 3.17. The monoisotopic (exact) mass is 412 g/mol. The van der Waals surface area contributed by atoms with Crippen LogP contribution in [0.1, 0.15) is 15.9 Å². The average molecular weight is 412 g/mol. The zero-order valence-electron chi connectivity index (χ0n) is 15.6. The molecule has 0 aliphatic heterocycles. The molecule has 4 rings (SSSR count). The highest BCUT2D eigenvalue weighted by molar-refractivity contribution is 6.05. The van der Waals surface area contributed by atoms with E-state index < -0.39 is 17.6 Å². The fourth-order valence-corrected chi connectivity index (χ4v) is 2.97. The molecule has 0 radical (unpaired) electrons. The fraction of sp³-hybridized carbons (Fsp3) is 0.0952. The van der Waals surface area contributed by atoms with Crippen molar-refractivity contribution in [2.75, 3.05) is 12.4 Å². The number of carbonyl (C=O) groups excluding carboxylic acids is 1. The van der Waals surface area contributed by atoms with E-state index in [4.69, 9.17) is 4.74 Å². The first-order valence-corrected chi connectivity index (χ1v) is 8.82. The number of halogens is 3. The Balaban J connectivity index is 1.66. The van der Waals surface area contributed by atoms with Crippen LogP contribution in [-0.2, 0) is 6.18 Å². The Morgan fingerprint density at radius 1 is 1.13 bits per heavy atom. The standard InChI is InChI=1S/C21H15F3N4O2/c1-30-18-7-6-13(17-12-28-9-3-8-25-20(28)27-17)11-16(18)26-19(29)14-4-2-5-15(10-14)21(22,23)24/h2-12H,1H3,(H,26,29). The summed E-state index contributed by atoms with van der Waals surface area (Å²) in [7, 11) is 1.43. The zero-order chi connectivity index (χ0) is 21.3. The molecule has 0 aliphatic rings. The second kappa shape index (κ2) is 7.51. The first kappa shape index (κ1) is 19.4. The number of anilines is 1. The molecule has 9 heteroatoms. The van der Waals surface area contributed by atoms with Gasteiger partial charge in [0.15, 0.2) is 0 Å². The van der Waals surface area contributed by atoms with Crippen molar-refractivity contribution in [2.24, 2.45) is 0 Å². The fourth-order valence-electron chi connectivity index (χ4n) is 2.97. The Morgan fingerprint density at radius 2 is 1.97 bits per heavy atom. The van der Waals surface area contributed by atoms with E-state index in [1.807, 2.05) is 0 Å². The van der Waals surface area contributed by atoms with Crippen LogP contribution in [-0.4, -0.2) is 27.4 Å². The van der Waals surface area contributed by atoms with Crippen LogP contribution < -0.4 is 10.1 Å². The molecule has 0 bridgehead atoms. The number of methoxy groups -OCH3 is 1. The highest BCUT2D eigenvalue weighted by atomic mass is 19.4. The van der Waals surface area contributed by atoms with E-state index in [0.717, 1.165) is 12.1 Å². The van der Waals surface area contributed by atoms with Crippen LogP contribution in [0.3, 0.4) is 0 Å². The summed E-state index contributed by atoms with van der Waals surface area (Å²) in [4.78, 5) is 21.2. The molecule has 0 fully saturated rings. The van der Waals surface area contributed by atoms with Crippen molar-refractivity contribution in [1.29, 1.82) is 0 Å². The molecule has 6 nitrogen and oxygen atoms in total. The van der Waals surface area contributed by atoms with Gasteiger partial charge in [0, 0.05) is 29.7 Å². The van der Waals surface area contributed by atoms with E-state index in [0.29, 0.717) is 28.5 Å². The molecule has 30 heavy (non-hydrogen) atoms. The summed E-state index contributed by atoms with van der Waals surface area (Å²) in [6.07, 6.45) is 0.674. The second-order valence-corrected chi connectivity index (χ2v) is 6.40. The number of alkyl halides is 3. The molecule has 2 aromatic heterocycles. The Morgan fingerprint density at radius 3 is 2.70 bits per heavy atom. The Hall–Kier alpha value is -3.88. The quantitative estimate of drug-likeness (QED) is 0.529. The number of aromatic nitrogens is 3. The van der Waals surface area contributed by atoms with E-state index in [2.05, 4.69) is 15.3 Å². The lowest BCUT2D eigenvalue weighted by Crippen LogP contribution is -2.14. The first-order valence-electron chi connectivity index (χ1n) is 8.82. The van der Waals surface area contributed by atoms with E-state index >= 15 is 0 Å². The van der Waals surface area contributed by atoms with Crippen LogP contribution in [0.5, 0.6) is 5.75 Å². The number of fused-ring (bicyclic) bond motifs is 1. The molecule has 1 N–H and O–H groups in total. The molecular formula is C21H15F3N4O2. The normalized spacial score (nSPS) is 11.5. The van der Waals surface area contributed by atoms with Gasteiger partial charge >= 0.3 is 6.18 Å². The smallest absolute Gasteiger partial charge is 0.416 e. The Bertz CT molecular complexity index is 1200. The summed E-state index contributed by atoms with van der Waals surface area (Å²) in [5.41, 5.74) is 0.594. The third-order valence-corrected chi connectivity index (χ3v) is 4.43. The number of imidazole rings is 1. The van der Waals surface area contributed by atoms with E-state index in [9.17, 15) is 18.0 Å². The van der Waals surface area contributed by atoms with Gasteiger partial charge in [-0.2, -0.15) is 13.2 Å². The third kappa shape index (κ3) is 3.82. The van der Waals surface area contributed by atoms with Crippen molar-refractivity contribution in [3.05, 3.63) is 78.2 Å². The van der Waals surface area contributed by atoms with Crippen LogP contribution in [0, 0.1) is 0 Å². The predicted octanol–water partition coefficient (Wildman–Crippen LogP) is 4.68. The number of rotatable bonds is 4. The maximum absolute atomic E-state index is 12.9. The van der Waals surface area contributed by atoms with Crippen LogP contribution in [0.4, 0.5) is 18.9 Å². The lowest BCUT2D eigenvalue weighted by Gasteiger charge is -2.13. The van der Waals surface area contributed by atoms with E-state index in [1.165, 1.54) is 19.2 Å². The molecule has 0 saturated heterocycles. The van der Waals surface area contributed by atoms with Gasteiger partial charge in [-0.15, -0.1) is 0 Å². The van der Waals surface area contributed by atoms with Crippen molar-refractivity contribution in [3.8, 4) is 17.0 Å². The Labute approximate surface area is 169 Å². The predicted molar refractivity (Wildman–Crippen MR) is 104 cm³/mol. The van der Waals surface area contributed by atoms with Crippen LogP contribution in [0.2, 0.25) is 0 Å². The molecule has 2 aromatic carbocycles. The maximum atomic E-state index is 12.9. The minimum Gasteiger partial charge on any atom is -0.495 e. The lowest BCUT2D eigenvalue weighted by molar-refractivity contribution is -0.137. The van der Waals surface area contributed by atoms with Crippen LogP contribution in [0.15, 0.2) is 67.1 Å². The van der Waals surface area contributed by atoms with Gasteiger partial charge in [0.1, 0.15) is 5.75 Å². The minimum absolute atomic E-state index is 0.116. The molecule has 0 saturated carbocycles. The van der Waals surface area contributed by atoms with Gasteiger partial charge in [-0.1, -0.05) is 6.07 Å². The van der Waals surface area contributed by atoms with E-state index in [1.54, 1.807) is 47.3 Å². The van der Waals surface area contributed by atoms with Crippen molar-refractivity contribution >= 4 is 17.4 Å². The van der Waals surface area contributed by atoms with Crippen molar-refractivity contribution < 1.29 is 22.7 Å². The van der Waals surface area contributed by atoms with Crippen LogP contribution >= 0.6 is 0 Å². The molecular weight excluding hydrogens is 397 g/mol. The van der Waals surface area contributed by atoms with E-state index in [-0.39, 0.29) is 5.56 Å². The van der Waals surface area contributed by atoms with Gasteiger partial charge in [-0.05, 0) is 42.5 Å². The molecule has 152 valence electrons. The molecule has 2 heterocycles. The van der Waals surface area contributed by atoms with Crippen molar-refractivity contribution in [3.63, 3.8) is 0 Å². The Kier molecular flexibility index (Phi) is 4.86. The zero-order valence-corrected chi connectivity index (χ0v) is 15.6. The summed E-state index contributed by atoms with van der Waals surface area (Å²) in [5.74, 6) is 0.187.